The van der Waals surface area contributed by atoms with E-state index in [4.69, 9.17) is 16.3 Å². The lowest BCUT2D eigenvalue weighted by Gasteiger charge is -2.50. The molecular weight excluding hydrogens is 632 g/mol. The summed E-state index contributed by atoms with van der Waals surface area (Å²) in [6.07, 6.45) is -7.24. The van der Waals surface area contributed by atoms with Crippen LogP contribution in [-0.2, 0) is 30.1 Å². The third-order valence-electron chi connectivity index (χ3n) is 7.98. The lowest BCUT2D eigenvalue weighted by atomic mass is 9.79. The second-order valence-corrected chi connectivity index (χ2v) is 12.2. The van der Waals surface area contributed by atoms with Crippen molar-refractivity contribution in [2.24, 2.45) is 0 Å². The zero-order chi connectivity index (χ0) is 31.9. The Hall–Kier alpha value is -3.32. The number of amides is 2. The fourth-order valence-electron chi connectivity index (χ4n) is 6.04. The molecular formula is C30H28ClF6N3O3S. The van der Waals surface area contributed by atoms with Gasteiger partial charge in [-0.05, 0) is 54.7 Å². The van der Waals surface area contributed by atoms with Crippen molar-refractivity contribution >= 4 is 34.8 Å². The average Bonchev–Trinajstić information content (AvgIpc) is 3.46. The summed E-state index contributed by atoms with van der Waals surface area (Å²) in [7, 11) is 0. The molecule has 6 nitrogen and oxygen atoms in total. The van der Waals surface area contributed by atoms with Crippen molar-refractivity contribution in [2.45, 2.75) is 69.6 Å². The number of hydrogen-bond donors (Lipinski definition) is 0. The van der Waals surface area contributed by atoms with Crippen LogP contribution in [0.5, 0.6) is 5.75 Å². The summed E-state index contributed by atoms with van der Waals surface area (Å²) in [6.45, 7) is 2.20. The molecule has 2 aliphatic heterocycles. The van der Waals surface area contributed by atoms with E-state index >= 15 is 0 Å². The molecule has 0 spiro atoms. The standard InChI is InChI=1S/C30H28ClF6N3O3S/c1-2-5-23-28(43-21-15-24(44-17-21)30(35,36)37,27(42)39-13-9-18-14-20(31)8-7-19(18)16-39)10-4-12-40(23)26(41)25-22(29(32,33)34)6-3-11-38-25/h3,6-8,11,14-15,17,23H,2,4-5,9-10,12-13,16H2,1H3/t23-,28+/m1/s1. The van der Waals surface area contributed by atoms with Gasteiger partial charge in [-0.25, -0.2) is 0 Å². The molecule has 14 heteroatoms. The Morgan fingerprint density at radius 2 is 1.86 bits per heavy atom. The minimum Gasteiger partial charge on any atom is -0.474 e. The summed E-state index contributed by atoms with van der Waals surface area (Å²) in [6, 6.07) is 6.83. The average molecular weight is 660 g/mol. The van der Waals surface area contributed by atoms with Crippen LogP contribution in [0.1, 0.15) is 64.7 Å². The van der Waals surface area contributed by atoms with Crippen LogP contribution in [0.3, 0.4) is 0 Å². The Balaban J connectivity index is 1.58. The van der Waals surface area contributed by atoms with Gasteiger partial charge in [0.1, 0.15) is 16.3 Å². The number of benzene rings is 1. The number of alkyl halides is 6. The molecule has 1 aromatic carbocycles. The van der Waals surface area contributed by atoms with Crippen LogP contribution in [0.4, 0.5) is 26.3 Å². The number of carbonyl (C=O) groups is 2. The predicted octanol–water partition coefficient (Wildman–Crippen LogP) is 7.64. The van der Waals surface area contributed by atoms with E-state index in [1.54, 1.807) is 25.1 Å². The van der Waals surface area contributed by atoms with Gasteiger partial charge >= 0.3 is 12.4 Å². The van der Waals surface area contributed by atoms with Crippen molar-refractivity contribution in [3.8, 4) is 5.75 Å². The van der Waals surface area contributed by atoms with Crippen LogP contribution in [-0.4, -0.2) is 51.3 Å². The molecule has 0 N–H and O–H groups in total. The topological polar surface area (TPSA) is 62.7 Å². The van der Waals surface area contributed by atoms with Gasteiger partial charge in [-0.1, -0.05) is 31.0 Å². The van der Waals surface area contributed by atoms with E-state index in [0.29, 0.717) is 29.2 Å². The summed E-state index contributed by atoms with van der Waals surface area (Å²) < 4.78 is 88.4. The van der Waals surface area contributed by atoms with E-state index in [2.05, 4.69) is 4.98 Å². The number of hydrogen-bond acceptors (Lipinski definition) is 5. The van der Waals surface area contributed by atoms with Crippen molar-refractivity contribution < 1.29 is 40.7 Å². The first-order chi connectivity index (χ1) is 20.7. The van der Waals surface area contributed by atoms with E-state index in [0.717, 1.165) is 40.9 Å². The van der Waals surface area contributed by atoms with E-state index < -0.39 is 51.9 Å². The van der Waals surface area contributed by atoms with Crippen LogP contribution in [0.15, 0.2) is 48.0 Å². The number of thiophene rings is 1. The number of ether oxygens (including phenoxy) is 1. The van der Waals surface area contributed by atoms with Crippen molar-refractivity contribution in [3.63, 3.8) is 0 Å². The highest BCUT2D eigenvalue weighted by Crippen LogP contribution is 2.43. The highest BCUT2D eigenvalue weighted by Gasteiger charge is 2.56. The van der Waals surface area contributed by atoms with Gasteiger partial charge in [0.05, 0.1) is 11.6 Å². The van der Waals surface area contributed by atoms with Gasteiger partial charge in [0.25, 0.3) is 11.8 Å². The molecule has 0 radical (unpaired) electrons. The first-order valence-electron chi connectivity index (χ1n) is 14.0. The Bertz CT molecular complexity index is 1540. The molecule has 0 bridgehead atoms. The quantitative estimate of drug-likeness (QED) is 0.255. The van der Waals surface area contributed by atoms with E-state index in [-0.39, 0.29) is 44.6 Å². The molecule has 2 aromatic heterocycles. The molecule has 1 saturated heterocycles. The molecule has 0 aliphatic carbocycles. The molecule has 3 aromatic rings. The van der Waals surface area contributed by atoms with Crippen LogP contribution in [0.25, 0.3) is 0 Å². The monoisotopic (exact) mass is 659 g/mol. The maximum atomic E-state index is 14.6. The number of halogens is 7. The van der Waals surface area contributed by atoms with Crippen molar-refractivity contribution in [2.75, 3.05) is 13.1 Å². The minimum atomic E-state index is -4.87. The lowest BCUT2D eigenvalue weighted by Crippen LogP contribution is -2.68. The number of piperidine rings is 1. The fraction of sp³-hybridized carbons (Fsp3) is 0.433. The first-order valence-corrected chi connectivity index (χ1v) is 15.2. The van der Waals surface area contributed by atoms with Crippen LogP contribution in [0, 0.1) is 0 Å². The van der Waals surface area contributed by atoms with Gasteiger partial charge in [0, 0.05) is 48.7 Å². The number of rotatable bonds is 6. The molecule has 0 saturated carbocycles. The molecule has 1 fully saturated rings. The van der Waals surface area contributed by atoms with Crippen LogP contribution < -0.4 is 4.74 Å². The number of aromatic nitrogens is 1. The lowest BCUT2D eigenvalue weighted by molar-refractivity contribution is -0.160. The largest absolute Gasteiger partial charge is 0.474 e. The Kier molecular flexibility index (Phi) is 8.92. The van der Waals surface area contributed by atoms with Crippen molar-refractivity contribution in [1.82, 2.24) is 14.8 Å². The van der Waals surface area contributed by atoms with Gasteiger partial charge in [-0.15, -0.1) is 11.3 Å². The highest BCUT2D eigenvalue weighted by molar-refractivity contribution is 7.10. The number of pyridine rings is 1. The SMILES string of the molecule is CCC[C@H]1N(C(=O)c2ncccc2C(F)(F)F)CCC[C@@]1(Oc1csc(C(F)(F)F)c1)C(=O)N1CCc2cc(Cl)ccc2C1. The number of carbonyl (C=O) groups excluding carboxylic acids is 2. The number of fused-ring (bicyclic) bond motifs is 1. The fourth-order valence-corrected chi connectivity index (χ4v) is 6.91. The summed E-state index contributed by atoms with van der Waals surface area (Å²) >= 11 is 6.54. The molecule has 2 amide bonds. The number of nitrogens with zero attached hydrogens (tertiary/aromatic N) is 3. The zero-order valence-corrected chi connectivity index (χ0v) is 25.0. The molecule has 0 unspecified atom stereocenters. The van der Waals surface area contributed by atoms with E-state index in [9.17, 15) is 35.9 Å². The normalized spacial score (nSPS) is 20.8. The molecule has 2 atom stereocenters. The molecule has 4 heterocycles. The first kappa shape index (κ1) is 32.1. The molecule has 2 aliphatic rings. The molecule has 5 rings (SSSR count). The zero-order valence-electron chi connectivity index (χ0n) is 23.5. The second kappa shape index (κ2) is 12.2. The Morgan fingerprint density at radius 1 is 1.09 bits per heavy atom. The second-order valence-electron chi connectivity index (χ2n) is 10.8. The maximum absolute atomic E-state index is 14.6. The molecule has 236 valence electrons. The van der Waals surface area contributed by atoms with Gasteiger partial charge in [0.15, 0.2) is 0 Å². The van der Waals surface area contributed by atoms with Crippen molar-refractivity contribution in [1.29, 1.82) is 0 Å². The third-order valence-corrected chi connectivity index (χ3v) is 9.17. The van der Waals surface area contributed by atoms with Crippen molar-refractivity contribution in [3.05, 3.63) is 80.3 Å². The van der Waals surface area contributed by atoms with E-state index in [1.807, 2.05) is 0 Å². The summed E-state index contributed by atoms with van der Waals surface area (Å²) in [4.78, 5) is 34.0. The van der Waals surface area contributed by atoms with Crippen LogP contribution >= 0.6 is 22.9 Å². The predicted molar refractivity (Wildman–Crippen MR) is 151 cm³/mol. The third kappa shape index (κ3) is 6.26. The highest BCUT2D eigenvalue weighted by atomic mass is 35.5. The van der Waals surface area contributed by atoms with Gasteiger partial charge < -0.3 is 14.5 Å². The minimum absolute atomic E-state index is 0.00846. The van der Waals surface area contributed by atoms with Gasteiger partial charge in [-0.3, -0.25) is 14.6 Å². The van der Waals surface area contributed by atoms with E-state index in [1.165, 1.54) is 9.80 Å². The van der Waals surface area contributed by atoms with Gasteiger partial charge in [-0.2, -0.15) is 26.3 Å². The number of likely N-dealkylation sites (tertiary alicyclic amines) is 1. The summed E-state index contributed by atoms with van der Waals surface area (Å²) in [5.74, 6) is -1.79. The summed E-state index contributed by atoms with van der Waals surface area (Å²) in [5.41, 5.74) is -2.13. The molecule has 44 heavy (non-hydrogen) atoms. The summed E-state index contributed by atoms with van der Waals surface area (Å²) in [5, 5.41) is 1.69. The van der Waals surface area contributed by atoms with Crippen LogP contribution in [0.2, 0.25) is 5.02 Å². The Labute approximate surface area is 258 Å². The van der Waals surface area contributed by atoms with Gasteiger partial charge in [0.2, 0.25) is 5.60 Å². The smallest absolute Gasteiger partial charge is 0.425 e. The maximum Gasteiger partial charge on any atom is 0.425 e. The Morgan fingerprint density at radius 3 is 2.55 bits per heavy atom.